The van der Waals surface area contributed by atoms with E-state index in [-0.39, 0.29) is 4.90 Å². The zero-order valence-electron chi connectivity index (χ0n) is 11.3. The molecule has 1 aromatic rings. The Morgan fingerprint density at radius 2 is 1.79 bits per heavy atom. The zero-order chi connectivity index (χ0) is 14.8. The first kappa shape index (κ1) is 15.9. The van der Waals surface area contributed by atoms with Crippen LogP contribution in [0.2, 0.25) is 0 Å². The molecule has 1 aromatic carbocycles. The molecule has 0 aliphatic carbocycles. The third kappa shape index (κ3) is 3.44. The van der Waals surface area contributed by atoms with Crippen molar-refractivity contribution < 1.29 is 18.6 Å². The number of hydrogen-bond donors (Lipinski definition) is 4. The van der Waals surface area contributed by atoms with E-state index in [1.807, 2.05) is 0 Å². The highest BCUT2D eigenvalue weighted by Gasteiger charge is 2.30. The Bertz CT molecular complexity index is 565. The average molecular weight is 288 g/mol. The summed E-state index contributed by atoms with van der Waals surface area (Å²) < 4.78 is 26.9. The smallest absolute Gasteiger partial charge is 0.241 e. The second kappa shape index (κ2) is 5.46. The number of nitrogens with two attached hydrogens (primary N) is 1. The Morgan fingerprint density at radius 1 is 1.26 bits per heavy atom. The van der Waals surface area contributed by atoms with Crippen molar-refractivity contribution >= 4 is 15.7 Å². The van der Waals surface area contributed by atoms with Gasteiger partial charge < -0.3 is 15.9 Å². The quantitative estimate of drug-likeness (QED) is 0.566. The molecule has 0 atom stereocenters. The number of anilines is 1. The molecule has 0 aliphatic heterocycles. The van der Waals surface area contributed by atoms with Gasteiger partial charge in [-0.2, -0.15) is 0 Å². The number of rotatable bonds is 5. The van der Waals surface area contributed by atoms with Crippen molar-refractivity contribution in [2.75, 3.05) is 18.9 Å². The van der Waals surface area contributed by atoms with Crippen molar-refractivity contribution in [1.29, 1.82) is 0 Å². The predicted molar refractivity (Wildman–Crippen MR) is 73.2 cm³/mol. The van der Waals surface area contributed by atoms with E-state index in [0.717, 1.165) is 5.56 Å². The van der Waals surface area contributed by atoms with Crippen LogP contribution in [0.25, 0.3) is 0 Å². The molecule has 0 aromatic heterocycles. The molecular weight excluding hydrogens is 268 g/mol. The van der Waals surface area contributed by atoms with Gasteiger partial charge in [-0.1, -0.05) is 0 Å². The average Bonchev–Trinajstić information content (AvgIpc) is 2.32. The lowest BCUT2D eigenvalue weighted by Crippen LogP contribution is -2.51. The van der Waals surface area contributed by atoms with E-state index in [1.54, 1.807) is 19.9 Å². The van der Waals surface area contributed by atoms with E-state index in [1.165, 1.54) is 13.0 Å². The van der Waals surface area contributed by atoms with Crippen LogP contribution in [0, 0.1) is 13.8 Å². The van der Waals surface area contributed by atoms with Crippen molar-refractivity contribution in [1.82, 2.24) is 4.72 Å². The lowest BCUT2D eigenvalue weighted by molar-refractivity contribution is 0.121. The van der Waals surface area contributed by atoms with Gasteiger partial charge in [0.25, 0.3) is 0 Å². The number of hydrogen-bond acceptors (Lipinski definition) is 5. The number of nitrogens with one attached hydrogen (secondary N) is 1. The summed E-state index contributed by atoms with van der Waals surface area (Å²) in [4.78, 5) is 0.0538. The van der Waals surface area contributed by atoms with Crippen LogP contribution in [-0.2, 0) is 10.0 Å². The summed E-state index contributed by atoms with van der Waals surface area (Å²) in [5, 5.41) is 18.3. The van der Waals surface area contributed by atoms with Gasteiger partial charge in [-0.3, -0.25) is 0 Å². The van der Waals surface area contributed by atoms with Gasteiger partial charge in [0.1, 0.15) is 0 Å². The van der Waals surface area contributed by atoms with Crippen LogP contribution in [0.4, 0.5) is 5.69 Å². The lowest BCUT2D eigenvalue weighted by Gasteiger charge is -2.26. The van der Waals surface area contributed by atoms with Crippen molar-refractivity contribution in [2.24, 2.45) is 0 Å². The van der Waals surface area contributed by atoms with Crippen LogP contribution in [0.1, 0.15) is 18.1 Å². The highest BCUT2D eigenvalue weighted by atomic mass is 32.2. The Kier molecular flexibility index (Phi) is 4.57. The van der Waals surface area contributed by atoms with Gasteiger partial charge in [-0.15, -0.1) is 0 Å². The van der Waals surface area contributed by atoms with Crippen LogP contribution < -0.4 is 10.5 Å². The first-order valence-electron chi connectivity index (χ1n) is 5.77. The maximum atomic E-state index is 12.3. The van der Waals surface area contributed by atoms with Gasteiger partial charge in [0.2, 0.25) is 10.0 Å². The Balaban J connectivity index is 3.29. The molecule has 0 bridgehead atoms. The molecule has 0 amide bonds. The fourth-order valence-corrected chi connectivity index (χ4v) is 3.37. The summed E-state index contributed by atoms with van der Waals surface area (Å²) in [5.74, 6) is 0. The number of benzene rings is 1. The summed E-state index contributed by atoms with van der Waals surface area (Å²) in [6, 6.07) is 3.05. The molecule has 0 fully saturated rings. The first-order chi connectivity index (χ1) is 8.65. The van der Waals surface area contributed by atoms with Crippen LogP contribution in [0.5, 0.6) is 0 Å². The number of nitrogen functional groups attached to an aromatic ring is 1. The molecule has 6 nitrogen and oxygen atoms in total. The van der Waals surface area contributed by atoms with Gasteiger partial charge in [0.15, 0.2) is 0 Å². The number of aliphatic hydroxyl groups is 2. The fraction of sp³-hybridized carbons (Fsp3) is 0.500. The highest BCUT2D eigenvalue weighted by Crippen LogP contribution is 2.23. The summed E-state index contributed by atoms with van der Waals surface area (Å²) in [5.41, 5.74) is 6.04. The standard InChI is InChI=1S/C12H20N2O4S/c1-8-4-10(13)5-11(9(8)2)19(17,18)14-12(3,6-15)7-16/h4-5,14-16H,6-7,13H2,1-3H3. The van der Waals surface area contributed by atoms with Gasteiger partial charge >= 0.3 is 0 Å². The summed E-state index contributed by atoms with van der Waals surface area (Å²) in [6.07, 6.45) is 0. The minimum absolute atomic E-state index is 0.0538. The Hall–Kier alpha value is -1.15. The van der Waals surface area contributed by atoms with E-state index < -0.39 is 28.8 Å². The molecule has 0 saturated carbocycles. The topological polar surface area (TPSA) is 113 Å². The van der Waals surface area contributed by atoms with Crippen LogP contribution in [0.3, 0.4) is 0 Å². The number of aliphatic hydroxyl groups excluding tert-OH is 2. The summed E-state index contributed by atoms with van der Waals surface area (Å²) >= 11 is 0. The largest absolute Gasteiger partial charge is 0.399 e. The third-order valence-corrected chi connectivity index (χ3v) is 4.77. The minimum Gasteiger partial charge on any atom is -0.399 e. The van der Waals surface area contributed by atoms with Crippen LogP contribution >= 0.6 is 0 Å². The molecule has 0 spiro atoms. The number of aryl methyl sites for hydroxylation is 1. The maximum absolute atomic E-state index is 12.3. The van der Waals surface area contributed by atoms with Gasteiger partial charge in [0, 0.05) is 5.69 Å². The van der Waals surface area contributed by atoms with Gasteiger partial charge in [-0.25, -0.2) is 13.1 Å². The van der Waals surface area contributed by atoms with E-state index in [0.29, 0.717) is 11.3 Å². The van der Waals surface area contributed by atoms with Crippen molar-refractivity contribution in [3.63, 3.8) is 0 Å². The molecule has 1 rings (SSSR count). The molecule has 0 aliphatic rings. The first-order valence-corrected chi connectivity index (χ1v) is 7.26. The highest BCUT2D eigenvalue weighted by molar-refractivity contribution is 7.89. The number of sulfonamides is 1. The van der Waals surface area contributed by atoms with E-state index in [9.17, 15) is 8.42 Å². The SMILES string of the molecule is Cc1cc(N)cc(S(=O)(=O)NC(C)(CO)CO)c1C. The van der Waals surface area contributed by atoms with Crippen LogP contribution in [-0.4, -0.2) is 37.4 Å². The molecule has 0 unspecified atom stereocenters. The molecule has 0 radical (unpaired) electrons. The second-order valence-electron chi connectivity index (χ2n) is 4.94. The molecule has 0 heterocycles. The van der Waals surface area contributed by atoms with Crippen molar-refractivity contribution in [3.05, 3.63) is 23.3 Å². The van der Waals surface area contributed by atoms with Crippen molar-refractivity contribution in [3.8, 4) is 0 Å². The van der Waals surface area contributed by atoms with E-state index in [2.05, 4.69) is 4.72 Å². The molecule has 108 valence electrons. The predicted octanol–water partition coefficient (Wildman–Crippen LogP) is -0.0928. The van der Waals surface area contributed by atoms with Crippen LogP contribution in [0.15, 0.2) is 17.0 Å². The maximum Gasteiger partial charge on any atom is 0.241 e. The normalized spacial score (nSPS) is 12.7. The molecule has 5 N–H and O–H groups in total. The molecular formula is C12H20N2O4S. The Labute approximate surface area is 113 Å². The van der Waals surface area contributed by atoms with E-state index in [4.69, 9.17) is 15.9 Å². The summed E-state index contributed by atoms with van der Waals surface area (Å²) in [7, 11) is -3.87. The second-order valence-corrected chi connectivity index (χ2v) is 6.59. The zero-order valence-corrected chi connectivity index (χ0v) is 12.1. The van der Waals surface area contributed by atoms with Gasteiger partial charge in [-0.05, 0) is 44.0 Å². The van der Waals surface area contributed by atoms with E-state index >= 15 is 0 Å². The lowest BCUT2D eigenvalue weighted by atomic mass is 10.1. The van der Waals surface area contributed by atoms with Gasteiger partial charge in [0.05, 0.1) is 23.6 Å². The van der Waals surface area contributed by atoms with Crippen molar-refractivity contribution in [2.45, 2.75) is 31.2 Å². The minimum atomic E-state index is -3.87. The Morgan fingerprint density at radius 3 is 2.26 bits per heavy atom. The third-order valence-electron chi connectivity index (χ3n) is 3.01. The fourth-order valence-electron chi connectivity index (χ4n) is 1.63. The molecule has 7 heteroatoms. The monoisotopic (exact) mass is 288 g/mol. The summed E-state index contributed by atoms with van der Waals surface area (Å²) in [6.45, 7) is 3.84. The molecule has 19 heavy (non-hydrogen) atoms. The molecule has 0 saturated heterocycles.